The minimum atomic E-state index is 0.538. The first kappa shape index (κ1) is 31.9. The maximum Gasteiger partial charge on any atom is 0.238 e. The number of hydrogen-bond acceptors (Lipinski definition) is 5. The van der Waals surface area contributed by atoms with E-state index in [9.17, 15) is 0 Å². The van der Waals surface area contributed by atoms with Crippen LogP contribution in [0, 0.1) is 0 Å². The lowest BCUT2D eigenvalue weighted by Gasteiger charge is -2.13. The third-order valence-electron chi connectivity index (χ3n) is 11.1. The molecule has 8 aromatic carbocycles. The zero-order valence-corrected chi connectivity index (χ0v) is 31.2. The van der Waals surface area contributed by atoms with Crippen molar-refractivity contribution in [3.05, 3.63) is 182 Å². The molecule has 0 atom stereocenters. The predicted molar refractivity (Wildman–Crippen MR) is 236 cm³/mol. The Balaban J connectivity index is 1.19. The van der Waals surface area contributed by atoms with Crippen molar-refractivity contribution in [1.82, 2.24) is 19.5 Å². The molecular weight excluding hydrogens is 717 g/mol. The van der Waals surface area contributed by atoms with Crippen LogP contribution in [-0.4, -0.2) is 19.5 Å². The summed E-state index contributed by atoms with van der Waals surface area (Å²) in [4.78, 5) is 15.7. The molecule has 57 heavy (non-hydrogen) atoms. The number of fused-ring (bicyclic) bond motifs is 10. The first-order chi connectivity index (χ1) is 28.2. The first-order valence-electron chi connectivity index (χ1n) is 19.0. The smallest absolute Gasteiger partial charge is 0.238 e. The van der Waals surface area contributed by atoms with Crippen LogP contribution in [0.1, 0.15) is 0 Å². The highest BCUT2D eigenvalue weighted by Gasteiger charge is 2.25. The van der Waals surface area contributed by atoms with E-state index in [0.29, 0.717) is 17.6 Å². The monoisotopic (exact) mass is 746 g/mol. The standard InChI is InChI=1S/C51H30N4OS/c1-3-13-31(14-4-1)32-23-25-34(26-24-32)50-52-49(33-15-5-2-6-16-33)53-51(54-50)55-42-20-10-7-19-38(42)46-47(55)39(30-41-36-17-8-11-21-43(36)56-48(41)46)35-27-28-45-40(29-35)37-18-9-12-22-44(37)57-45/h1-30H. The van der Waals surface area contributed by atoms with Gasteiger partial charge in [-0.05, 0) is 53.1 Å². The van der Waals surface area contributed by atoms with E-state index >= 15 is 0 Å². The Kier molecular flexibility index (Phi) is 7.03. The molecule has 0 aliphatic rings. The van der Waals surface area contributed by atoms with Crippen molar-refractivity contribution in [1.29, 1.82) is 0 Å². The number of benzene rings is 8. The average Bonchev–Trinajstić information content (AvgIpc) is 3.96. The Morgan fingerprint density at radius 2 is 1.00 bits per heavy atom. The molecule has 0 fully saturated rings. The van der Waals surface area contributed by atoms with Gasteiger partial charge in [0, 0.05) is 53.0 Å². The quantitative estimate of drug-likeness (QED) is 0.176. The zero-order valence-electron chi connectivity index (χ0n) is 30.4. The lowest BCUT2D eigenvalue weighted by molar-refractivity contribution is 0.673. The summed E-state index contributed by atoms with van der Waals surface area (Å²) in [6.07, 6.45) is 0. The van der Waals surface area contributed by atoms with Gasteiger partial charge in [-0.3, -0.25) is 4.57 Å². The molecule has 5 nitrogen and oxygen atoms in total. The molecular formula is C51H30N4OS. The lowest BCUT2D eigenvalue weighted by Crippen LogP contribution is -2.07. The molecule has 0 bridgehead atoms. The van der Waals surface area contributed by atoms with Crippen molar-refractivity contribution in [2.24, 2.45) is 0 Å². The summed E-state index contributed by atoms with van der Waals surface area (Å²) in [6, 6.07) is 63.7. The van der Waals surface area contributed by atoms with Crippen LogP contribution >= 0.6 is 11.3 Å². The summed E-state index contributed by atoms with van der Waals surface area (Å²) in [5.74, 6) is 1.74. The Hall–Kier alpha value is -7.41. The van der Waals surface area contributed by atoms with Crippen LogP contribution in [0.4, 0.5) is 0 Å². The molecule has 0 N–H and O–H groups in total. The van der Waals surface area contributed by atoms with Gasteiger partial charge in [0.2, 0.25) is 5.95 Å². The van der Waals surface area contributed by atoms with Crippen LogP contribution in [0.5, 0.6) is 0 Å². The van der Waals surface area contributed by atoms with Crippen LogP contribution in [-0.2, 0) is 0 Å². The maximum atomic E-state index is 6.80. The third-order valence-corrected chi connectivity index (χ3v) is 12.2. The van der Waals surface area contributed by atoms with Crippen LogP contribution < -0.4 is 0 Å². The SMILES string of the molecule is c1ccc(-c2ccc(-c3nc(-c4ccccc4)nc(-n4c5ccccc5c5c6oc7ccccc7c6cc(-c6ccc7sc8ccccc8c7c6)c54)n3)cc2)cc1. The van der Waals surface area contributed by atoms with Gasteiger partial charge in [-0.2, -0.15) is 9.97 Å². The van der Waals surface area contributed by atoms with E-state index in [1.54, 1.807) is 0 Å². The van der Waals surface area contributed by atoms with Crippen molar-refractivity contribution in [2.45, 2.75) is 0 Å². The van der Waals surface area contributed by atoms with E-state index < -0.39 is 0 Å². The third kappa shape index (κ3) is 5.04. The molecule has 0 spiro atoms. The van der Waals surface area contributed by atoms with Gasteiger partial charge in [-0.25, -0.2) is 4.98 Å². The zero-order chi connectivity index (χ0) is 37.5. The van der Waals surface area contributed by atoms with Gasteiger partial charge in [0.1, 0.15) is 11.2 Å². The number of aromatic nitrogens is 4. The van der Waals surface area contributed by atoms with Gasteiger partial charge in [0.15, 0.2) is 11.6 Å². The normalized spacial score (nSPS) is 11.9. The summed E-state index contributed by atoms with van der Waals surface area (Å²) in [5.41, 5.74) is 9.98. The highest BCUT2D eigenvalue weighted by atomic mass is 32.1. The largest absolute Gasteiger partial charge is 0.455 e. The van der Waals surface area contributed by atoms with Gasteiger partial charge in [0.05, 0.1) is 16.4 Å². The summed E-state index contributed by atoms with van der Waals surface area (Å²) < 4.78 is 11.6. The molecule has 0 aliphatic carbocycles. The molecule has 6 heteroatoms. The second kappa shape index (κ2) is 12.6. The van der Waals surface area contributed by atoms with Crippen molar-refractivity contribution < 1.29 is 4.42 Å². The molecule has 266 valence electrons. The van der Waals surface area contributed by atoms with E-state index in [-0.39, 0.29) is 0 Å². The van der Waals surface area contributed by atoms with Crippen molar-refractivity contribution in [2.75, 3.05) is 0 Å². The van der Waals surface area contributed by atoms with Crippen molar-refractivity contribution in [3.63, 3.8) is 0 Å². The Bertz CT molecular complexity index is 3510. The summed E-state index contributed by atoms with van der Waals surface area (Å²) >= 11 is 1.83. The fourth-order valence-corrected chi connectivity index (χ4v) is 9.49. The molecule has 4 heterocycles. The van der Waals surface area contributed by atoms with Gasteiger partial charge in [-0.15, -0.1) is 11.3 Å². The first-order valence-corrected chi connectivity index (χ1v) is 19.8. The number of furan rings is 1. The Morgan fingerprint density at radius 3 is 1.79 bits per heavy atom. The molecule has 0 aliphatic heterocycles. The van der Waals surface area contributed by atoms with Gasteiger partial charge < -0.3 is 4.42 Å². The van der Waals surface area contributed by atoms with E-state index in [2.05, 4.69) is 156 Å². The van der Waals surface area contributed by atoms with E-state index in [0.717, 1.165) is 77.1 Å². The van der Waals surface area contributed by atoms with Crippen molar-refractivity contribution in [3.8, 4) is 51.0 Å². The minimum Gasteiger partial charge on any atom is -0.455 e. The predicted octanol–water partition coefficient (Wildman–Crippen LogP) is 13.9. The summed E-state index contributed by atoms with van der Waals surface area (Å²) in [6.45, 7) is 0. The van der Waals surface area contributed by atoms with Crippen molar-refractivity contribution >= 4 is 75.3 Å². The van der Waals surface area contributed by atoms with Crippen LogP contribution in [0.25, 0.3) is 115 Å². The highest BCUT2D eigenvalue weighted by Crippen LogP contribution is 2.46. The molecule has 12 aromatic rings. The lowest BCUT2D eigenvalue weighted by atomic mass is 9.97. The number of rotatable bonds is 5. The fraction of sp³-hybridized carbons (Fsp3) is 0. The average molecular weight is 747 g/mol. The Morgan fingerprint density at radius 1 is 0.421 bits per heavy atom. The number of para-hydroxylation sites is 2. The minimum absolute atomic E-state index is 0.538. The molecule has 4 aromatic heterocycles. The van der Waals surface area contributed by atoms with Crippen LogP contribution in [0.15, 0.2) is 186 Å². The molecule has 0 saturated carbocycles. The molecule has 12 rings (SSSR count). The van der Waals surface area contributed by atoms with Gasteiger partial charge in [0.25, 0.3) is 0 Å². The second-order valence-electron chi connectivity index (χ2n) is 14.4. The molecule has 0 saturated heterocycles. The van der Waals surface area contributed by atoms with E-state index in [4.69, 9.17) is 19.4 Å². The maximum absolute atomic E-state index is 6.80. The van der Waals surface area contributed by atoms with Crippen LogP contribution in [0.2, 0.25) is 0 Å². The molecule has 0 unspecified atom stereocenters. The highest BCUT2D eigenvalue weighted by molar-refractivity contribution is 7.25. The number of thiophene rings is 1. The second-order valence-corrected chi connectivity index (χ2v) is 15.5. The van der Waals surface area contributed by atoms with E-state index in [1.807, 2.05) is 41.7 Å². The molecule has 0 radical (unpaired) electrons. The Labute approximate surface area is 330 Å². The summed E-state index contributed by atoms with van der Waals surface area (Å²) in [7, 11) is 0. The summed E-state index contributed by atoms with van der Waals surface area (Å²) in [5, 5.41) is 6.76. The van der Waals surface area contributed by atoms with Gasteiger partial charge in [-0.1, -0.05) is 146 Å². The van der Waals surface area contributed by atoms with Gasteiger partial charge >= 0.3 is 0 Å². The number of hydrogen-bond donors (Lipinski definition) is 0. The fourth-order valence-electron chi connectivity index (χ4n) is 8.41. The van der Waals surface area contributed by atoms with E-state index in [1.165, 1.54) is 20.2 Å². The topological polar surface area (TPSA) is 56.7 Å². The van der Waals surface area contributed by atoms with Crippen LogP contribution in [0.3, 0.4) is 0 Å². The number of nitrogens with zero attached hydrogens (tertiary/aromatic N) is 4. The molecule has 0 amide bonds.